The topological polar surface area (TPSA) is 0 Å². The zero-order valence-corrected chi connectivity index (χ0v) is 10.6. The van der Waals surface area contributed by atoms with Crippen LogP contribution in [0, 0.1) is 0 Å². The van der Waals surface area contributed by atoms with Crippen LogP contribution >= 0.6 is 47.9 Å². The molecule has 0 aliphatic heterocycles. The molecule has 2 rings (SSSR count). The Labute approximate surface area is 102 Å². The Morgan fingerprint density at radius 1 is 0.857 bits per heavy atom. The van der Waals surface area contributed by atoms with E-state index in [9.17, 15) is 0 Å². The van der Waals surface area contributed by atoms with E-state index < -0.39 is 0 Å². The van der Waals surface area contributed by atoms with Gasteiger partial charge < -0.3 is 0 Å². The molecular weight excluding hydrogens is 248 g/mol. The minimum absolute atomic E-state index is 0.950. The maximum atomic E-state index is 4.49. The highest BCUT2D eigenvalue weighted by Gasteiger charge is 2.06. The van der Waals surface area contributed by atoms with Gasteiger partial charge in [0.2, 0.25) is 0 Å². The number of rotatable bonds is 2. The zero-order chi connectivity index (χ0) is 9.97. The molecule has 72 valence electrons. The fourth-order valence-corrected chi connectivity index (χ4v) is 3.27. The second-order valence-corrected chi connectivity index (χ2v) is 5.44. The molecule has 0 saturated carbocycles. The molecule has 0 fully saturated rings. The maximum Gasteiger partial charge on any atom is 0.0415 e. The minimum Gasteiger partial charge on any atom is -0.143 e. The number of hydrogen-bond donors (Lipinski definition) is 2. The average Bonchev–Trinajstić information content (AvgIpc) is 2.87. The Morgan fingerprint density at radius 3 is 1.57 bits per heavy atom. The van der Waals surface area contributed by atoms with Crippen molar-refractivity contribution in [2.45, 2.75) is 0 Å². The summed E-state index contributed by atoms with van der Waals surface area (Å²) in [5.74, 6) is 0. The maximum absolute atomic E-state index is 4.49. The van der Waals surface area contributed by atoms with Gasteiger partial charge in [0, 0.05) is 19.6 Å². The summed E-state index contributed by atoms with van der Waals surface area (Å²) in [6.07, 6.45) is 0. The third-order valence-corrected chi connectivity index (χ3v) is 4.92. The first-order valence-corrected chi connectivity index (χ1v) is 6.64. The largest absolute Gasteiger partial charge is 0.143 e. The lowest BCUT2D eigenvalue weighted by Gasteiger charge is -2.01. The fraction of sp³-hybridized carbons (Fsp3) is 0. The summed E-state index contributed by atoms with van der Waals surface area (Å²) in [4.78, 5) is 4.22. The third-order valence-electron chi connectivity index (χ3n) is 1.73. The van der Waals surface area contributed by atoms with Crippen LogP contribution in [0.3, 0.4) is 0 Å². The van der Waals surface area contributed by atoms with Crippen LogP contribution in [0.5, 0.6) is 0 Å². The molecule has 2 aromatic rings. The summed E-state index contributed by atoms with van der Waals surface area (Å²) in [6.45, 7) is 0. The average molecular weight is 256 g/mol. The van der Waals surface area contributed by atoms with Crippen molar-refractivity contribution in [1.82, 2.24) is 0 Å². The fourth-order valence-electron chi connectivity index (χ4n) is 1.06. The molecule has 0 nitrogen and oxygen atoms in total. The van der Waals surface area contributed by atoms with Crippen LogP contribution in [0.4, 0.5) is 0 Å². The predicted octanol–water partition coefficient (Wildman–Crippen LogP) is 4.50. The molecule has 14 heavy (non-hydrogen) atoms. The van der Waals surface area contributed by atoms with Crippen LogP contribution in [-0.2, 0) is 0 Å². The Kier molecular flexibility index (Phi) is 3.38. The van der Waals surface area contributed by atoms with Crippen molar-refractivity contribution < 1.29 is 0 Å². The molecule has 0 atom stereocenters. The molecule has 0 aliphatic rings. The highest BCUT2D eigenvalue weighted by molar-refractivity contribution is 7.97. The first kappa shape index (κ1) is 10.4. The van der Waals surface area contributed by atoms with Gasteiger partial charge in [0.05, 0.1) is 0 Å². The van der Waals surface area contributed by atoms with E-state index in [4.69, 9.17) is 0 Å². The zero-order valence-electron chi connectivity index (χ0n) is 7.18. The van der Waals surface area contributed by atoms with Crippen LogP contribution in [0.2, 0.25) is 0 Å². The molecule has 0 bridgehead atoms. The quantitative estimate of drug-likeness (QED) is 0.727. The van der Waals surface area contributed by atoms with Crippen molar-refractivity contribution in [3.8, 4) is 0 Å². The SMILES string of the molecule is S/C(=C(/S)c1cccs1)c1cccs1. The summed E-state index contributed by atoms with van der Waals surface area (Å²) >= 11 is 12.3. The highest BCUT2D eigenvalue weighted by atomic mass is 32.1. The standard InChI is InChI=1S/C10H8S4/c11-9(7-3-1-5-13-7)10(12)8-4-2-6-14-8/h1-6,11-12H/b10-9+. The first-order chi connectivity index (χ1) is 6.79. The van der Waals surface area contributed by atoms with E-state index in [1.807, 2.05) is 22.9 Å². The summed E-state index contributed by atoms with van der Waals surface area (Å²) in [5, 5.41) is 4.09. The Bertz CT molecular complexity index is 380. The molecule has 0 spiro atoms. The predicted molar refractivity (Wildman–Crippen MR) is 73.4 cm³/mol. The molecule has 0 aromatic carbocycles. The molecule has 0 unspecified atom stereocenters. The molecule has 0 amide bonds. The number of hydrogen-bond acceptors (Lipinski definition) is 4. The van der Waals surface area contributed by atoms with Crippen LogP contribution in [0.15, 0.2) is 35.0 Å². The van der Waals surface area contributed by atoms with Crippen LogP contribution in [0.25, 0.3) is 9.81 Å². The molecule has 0 N–H and O–H groups in total. The van der Waals surface area contributed by atoms with Gasteiger partial charge in [0.15, 0.2) is 0 Å². The number of thiophene rings is 2. The second-order valence-electron chi connectivity index (χ2n) is 2.65. The van der Waals surface area contributed by atoms with Gasteiger partial charge in [-0.25, -0.2) is 0 Å². The van der Waals surface area contributed by atoms with Gasteiger partial charge >= 0.3 is 0 Å². The van der Waals surface area contributed by atoms with E-state index in [-0.39, 0.29) is 0 Å². The number of thiol groups is 2. The molecule has 2 heterocycles. The van der Waals surface area contributed by atoms with Gasteiger partial charge in [-0.1, -0.05) is 12.1 Å². The van der Waals surface area contributed by atoms with Crippen molar-refractivity contribution >= 4 is 57.7 Å². The molecule has 4 heteroatoms. The van der Waals surface area contributed by atoms with Gasteiger partial charge in [-0.2, -0.15) is 0 Å². The van der Waals surface area contributed by atoms with Crippen LogP contribution in [-0.4, -0.2) is 0 Å². The van der Waals surface area contributed by atoms with E-state index in [0.29, 0.717) is 0 Å². The van der Waals surface area contributed by atoms with E-state index in [1.54, 1.807) is 22.7 Å². The molecule has 0 radical (unpaired) electrons. The van der Waals surface area contributed by atoms with Crippen molar-refractivity contribution in [1.29, 1.82) is 0 Å². The Balaban J connectivity index is 2.41. The van der Waals surface area contributed by atoms with Crippen LogP contribution in [0.1, 0.15) is 9.75 Å². The van der Waals surface area contributed by atoms with Crippen molar-refractivity contribution in [2.24, 2.45) is 0 Å². The van der Waals surface area contributed by atoms with E-state index in [0.717, 1.165) is 19.6 Å². The monoisotopic (exact) mass is 256 g/mol. The van der Waals surface area contributed by atoms with E-state index in [2.05, 4.69) is 37.4 Å². The normalized spacial score (nSPS) is 12.7. The first-order valence-electron chi connectivity index (χ1n) is 3.99. The molecule has 2 aromatic heterocycles. The lowest BCUT2D eigenvalue weighted by molar-refractivity contribution is 1.92. The smallest absolute Gasteiger partial charge is 0.0415 e. The highest BCUT2D eigenvalue weighted by Crippen LogP contribution is 2.35. The van der Waals surface area contributed by atoms with Crippen molar-refractivity contribution in [2.75, 3.05) is 0 Å². The third kappa shape index (κ3) is 2.08. The lowest BCUT2D eigenvalue weighted by atomic mass is 10.3. The van der Waals surface area contributed by atoms with Gasteiger partial charge in [-0.05, 0) is 22.9 Å². The summed E-state index contributed by atoms with van der Waals surface area (Å²) in [6, 6.07) is 8.14. The molecular formula is C10H8S4. The Morgan fingerprint density at radius 2 is 1.29 bits per heavy atom. The van der Waals surface area contributed by atoms with Gasteiger partial charge in [0.1, 0.15) is 0 Å². The molecule has 0 aliphatic carbocycles. The van der Waals surface area contributed by atoms with Gasteiger partial charge in [-0.3, -0.25) is 0 Å². The van der Waals surface area contributed by atoms with Crippen molar-refractivity contribution in [3.05, 3.63) is 44.8 Å². The Hall–Kier alpha value is -0.160. The van der Waals surface area contributed by atoms with E-state index in [1.165, 1.54) is 0 Å². The summed E-state index contributed by atoms with van der Waals surface area (Å²) in [5.41, 5.74) is 0. The molecule has 0 saturated heterocycles. The van der Waals surface area contributed by atoms with E-state index >= 15 is 0 Å². The van der Waals surface area contributed by atoms with Gasteiger partial charge in [-0.15, -0.1) is 47.9 Å². The lowest BCUT2D eigenvalue weighted by Crippen LogP contribution is -1.73. The minimum atomic E-state index is 0.950. The van der Waals surface area contributed by atoms with Crippen LogP contribution < -0.4 is 0 Å². The summed E-state index contributed by atoms with van der Waals surface area (Å²) < 4.78 is 0. The van der Waals surface area contributed by atoms with Crippen molar-refractivity contribution in [3.63, 3.8) is 0 Å². The van der Waals surface area contributed by atoms with Gasteiger partial charge in [0.25, 0.3) is 0 Å². The second kappa shape index (κ2) is 4.57. The summed E-state index contributed by atoms with van der Waals surface area (Å²) in [7, 11) is 0.